The van der Waals surface area contributed by atoms with Crippen LogP contribution in [0.1, 0.15) is 58.8 Å². The molecule has 6 aliphatic carbocycles. The number of fused-ring (bicyclic) bond motifs is 10. The van der Waals surface area contributed by atoms with Crippen LogP contribution < -0.4 is 0 Å². The summed E-state index contributed by atoms with van der Waals surface area (Å²) in [4.78, 5) is 12.1. The molecule has 4 fully saturated rings. The van der Waals surface area contributed by atoms with Crippen molar-refractivity contribution in [1.29, 1.82) is 0 Å². The maximum atomic E-state index is 12.1. The van der Waals surface area contributed by atoms with E-state index in [0.29, 0.717) is 48.2 Å². The van der Waals surface area contributed by atoms with Gasteiger partial charge in [0.1, 0.15) is 0 Å². The van der Waals surface area contributed by atoms with Gasteiger partial charge in [0.25, 0.3) is 0 Å². The van der Waals surface area contributed by atoms with Crippen molar-refractivity contribution in [1.82, 2.24) is 0 Å². The molecule has 2 N–H and O–H groups in total. The van der Waals surface area contributed by atoms with Crippen molar-refractivity contribution in [3.05, 3.63) is 23.3 Å². The minimum absolute atomic E-state index is 0.0344. The van der Waals surface area contributed by atoms with Crippen LogP contribution >= 0.6 is 0 Å². The summed E-state index contributed by atoms with van der Waals surface area (Å²) in [6.45, 7) is 4.97. The van der Waals surface area contributed by atoms with Crippen LogP contribution in [0.4, 0.5) is 0 Å². The van der Waals surface area contributed by atoms with E-state index in [2.05, 4.69) is 19.9 Å². The van der Waals surface area contributed by atoms with Crippen LogP contribution in [-0.2, 0) is 4.79 Å². The number of ketones is 1. The fourth-order valence-electron chi connectivity index (χ4n) is 8.73. The van der Waals surface area contributed by atoms with Gasteiger partial charge >= 0.3 is 0 Å². The average Bonchev–Trinajstić information content (AvgIpc) is 3.53. The molecule has 6 rings (SSSR count). The Labute approximate surface area is 161 Å². The molecule has 146 valence electrons. The summed E-state index contributed by atoms with van der Waals surface area (Å²) in [6, 6.07) is 0. The molecule has 0 amide bonds. The van der Waals surface area contributed by atoms with Crippen molar-refractivity contribution in [3.8, 4) is 0 Å². The normalized spacial score (nSPS) is 56.8. The molecular formula is C24H32O3. The maximum absolute atomic E-state index is 12.1. The van der Waals surface area contributed by atoms with E-state index < -0.39 is 5.60 Å². The summed E-state index contributed by atoms with van der Waals surface area (Å²) in [5.74, 6) is 4.17. The SMILES string of the molecule is C[C@]12CCC(=O)C=C1[C@@H]1C[C@@H]1C1C2CC[C@@]2(C)C1[C@@H]1C=C1[C@@]2(O)CCCO. The molecule has 0 heterocycles. The third kappa shape index (κ3) is 1.84. The molecule has 0 aliphatic heterocycles. The zero-order valence-electron chi connectivity index (χ0n) is 16.6. The Balaban J connectivity index is 1.40. The van der Waals surface area contributed by atoms with Crippen LogP contribution in [0.25, 0.3) is 0 Å². The van der Waals surface area contributed by atoms with E-state index in [4.69, 9.17) is 0 Å². The van der Waals surface area contributed by atoms with E-state index in [0.717, 1.165) is 25.2 Å². The highest BCUT2D eigenvalue weighted by molar-refractivity contribution is 5.92. The summed E-state index contributed by atoms with van der Waals surface area (Å²) in [5.41, 5.74) is 2.27. The van der Waals surface area contributed by atoms with Gasteiger partial charge in [-0.15, -0.1) is 0 Å². The first kappa shape index (κ1) is 17.0. The predicted octanol–water partition coefficient (Wildman–Crippen LogP) is 3.65. The molecule has 9 atom stereocenters. The lowest BCUT2D eigenvalue weighted by Gasteiger charge is -2.59. The number of aliphatic hydroxyl groups is 2. The van der Waals surface area contributed by atoms with E-state index in [1.165, 1.54) is 24.0 Å². The first-order chi connectivity index (χ1) is 12.8. The number of carbonyl (C=O) groups is 1. The number of hydrogen-bond acceptors (Lipinski definition) is 3. The van der Waals surface area contributed by atoms with Crippen molar-refractivity contribution in [2.45, 2.75) is 64.4 Å². The molecule has 0 bridgehead atoms. The van der Waals surface area contributed by atoms with Crippen LogP contribution in [0.3, 0.4) is 0 Å². The first-order valence-corrected chi connectivity index (χ1v) is 11.2. The highest BCUT2D eigenvalue weighted by Crippen LogP contribution is 2.79. The van der Waals surface area contributed by atoms with E-state index in [-0.39, 0.29) is 17.4 Å². The monoisotopic (exact) mass is 368 g/mol. The topological polar surface area (TPSA) is 57.5 Å². The average molecular weight is 369 g/mol. The fraction of sp³-hybridized carbons (Fsp3) is 0.792. The molecule has 4 saturated carbocycles. The van der Waals surface area contributed by atoms with Crippen molar-refractivity contribution < 1.29 is 15.0 Å². The van der Waals surface area contributed by atoms with Crippen molar-refractivity contribution >= 4 is 5.78 Å². The smallest absolute Gasteiger partial charge is 0.155 e. The van der Waals surface area contributed by atoms with Crippen molar-refractivity contribution in [3.63, 3.8) is 0 Å². The molecule has 0 aromatic carbocycles. The van der Waals surface area contributed by atoms with Crippen LogP contribution in [0, 0.1) is 46.3 Å². The van der Waals surface area contributed by atoms with Crippen LogP contribution in [0.2, 0.25) is 0 Å². The number of hydrogen-bond donors (Lipinski definition) is 2. The molecule has 6 aliphatic rings. The predicted molar refractivity (Wildman–Crippen MR) is 103 cm³/mol. The molecule has 0 saturated heterocycles. The van der Waals surface area contributed by atoms with Crippen molar-refractivity contribution in [2.24, 2.45) is 46.3 Å². The third-order valence-electron chi connectivity index (χ3n) is 10.1. The second-order valence-electron chi connectivity index (χ2n) is 11.0. The van der Waals surface area contributed by atoms with Gasteiger partial charge in [0, 0.05) is 24.4 Å². The van der Waals surface area contributed by atoms with E-state index in [9.17, 15) is 15.0 Å². The molecule has 0 aromatic rings. The molecular weight excluding hydrogens is 336 g/mol. The van der Waals surface area contributed by atoms with Gasteiger partial charge in [0.15, 0.2) is 5.78 Å². The Bertz CT molecular complexity index is 795. The molecule has 3 heteroatoms. The molecule has 0 aromatic heterocycles. The standard InChI is InChI=1S/C24H32O3/c1-22-7-4-13(26)10-18(22)14-11-15(14)20-17(22)5-8-23(2)21(20)16-12-19(16)24(23,27)6-3-9-25/h10,12,14-17,20-21,25,27H,3-9,11H2,1-2H3/t14-,15+,16-,17?,20?,21?,22-,23+,24+/m1/s1. The van der Waals surface area contributed by atoms with Crippen LogP contribution in [0.5, 0.6) is 0 Å². The lowest BCUT2D eigenvalue weighted by molar-refractivity contribution is -0.133. The molecule has 27 heavy (non-hydrogen) atoms. The number of aliphatic hydroxyl groups excluding tert-OH is 1. The summed E-state index contributed by atoms with van der Waals surface area (Å²) in [7, 11) is 0. The van der Waals surface area contributed by atoms with Gasteiger partial charge in [-0.1, -0.05) is 25.5 Å². The van der Waals surface area contributed by atoms with E-state index in [1.807, 2.05) is 6.08 Å². The molecule has 3 nitrogen and oxygen atoms in total. The Morgan fingerprint density at radius 2 is 2.04 bits per heavy atom. The Kier molecular flexibility index (Phi) is 3.12. The van der Waals surface area contributed by atoms with Crippen LogP contribution in [-0.4, -0.2) is 28.2 Å². The molecule has 0 spiro atoms. The first-order valence-electron chi connectivity index (χ1n) is 11.2. The highest BCUT2D eigenvalue weighted by Gasteiger charge is 2.75. The fourth-order valence-corrected chi connectivity index (χ4v) is 8.73. The largest absolute Gasteiger partial charge is 0.396 e. The van der Waals surface area contributed by atoms with Gasteiger partial charge in [-0.05, 0) is 85.2 Å². The van der Waals surface area contributed by atoms with Crippen LogP contribution in [0.15, 0.2) is 23.3 Å². The van der Waals surface area contributed by atoms with Gasteiger partial charge in [-0.3, -0.25) is 4.79 Å². The van der Waals surface area contributed by atoms with Crippen molar-refractivity contribution in [2.75, 3.05) is 6.61 Å². The molecule has 0 radical (unpaired) electrons. The van der Waals surface area contributed by atoms with E-state index in [1.54, 1.807) is 0 Å². The second-order valence-corrected chi connectivity index (χ2v) is 11.0. The van der Waals surface area contributed by atoms with Gasteiger partial charge in [0.05, 0.1) is 5.60 Å². The second kappa shape index (κ2) is 4.97. The van der Waals surface area contributed by atoms with Gasteiger partial charge in [0.2, 0.25) is 0 Å². The van der Waals surface area contributed by atoms with E-state index >= 15 is 0 Å². The quantitative estimate of drug-likeness (QED) is 0.748. The van der Waals surface area contributed by atoms with Gasteiger partial charge in [-0.25, -0.2) is 0 Å². The lowest BCUT2D eigenvalue weighted by atomic mass is 9.45. The summed E-state index contributed by atoms with van der Waals surface area (Å²) in [6.07, 6.45) is 11.1. The third-order valence-corrected chi connectivity index (χ3v) is 10.1. The number of allylic oxidation sites excluding steroid dienone is 2. The summed E-state index contributed by atoms with van der Waals surface area (Å²) >= 11 is 0. The summed E-state index contributed by atoms with van der Waals surface area (Å²) < 4.78 is 0. The Morgan fingerprint density at radius 1 is 1.22 bits per heavy atom. The van der Waals surface area contributed by atoms with Gasteiger partial charge < -0.3 is 10.2 Å². The number of rotatable bonds is 3. The summed E-state index contributed by atoms with van der Waals surface area (Å²) in [5, 5.41) is 21.2. The zero-order valence-corrected chi connectivity index (χ0v) is 16.6. The number of carbonyl (C=O) groups excluding carboxylic acids is 1. The Hall–Kier alpha value is -0.930. The maximum Gasteiger partial charge on any atom is 0.155 e. The minimum Gasteiger partial charge on any atom is -0.396 e. The minimum atomic E-state index is -0.694. The molecule has 3 unspecified atom stereocenters. The lowest BCUT2D eigenvalue weighted by Crippen LogP contribution is -2.56. The highest BCUT2D eigenvalue weighted by atomic mass is 16.3. The Morgan fingerprint density at radius 3 is 2.81 bits per heavy atom. The van der Waals surface area contributed by atoms with Gasteiger partial charge in [-0.2, -0.15) is 0 Å². The zero-order chi connectivity index (χ0) is 18.8.